The standard InChI is InChI=1S/C14H21N3O/c1-10-3-2-7-17(8-6-10)14(18)13-9-12(15-16-13)11-4-5-11/h9-11H,2-8H2,1H3,(H,15,16)/t10-/m0/s1. The Labute approximate surface area is 108 Å². The fraction of sp³-hybridized carbons (Fsp3) is 0.714. The maximum atomic E-state index is 12.4. The Morgan fingerprint density at radius 3 is 2.94 bits per heavy atom. The third-order valence-corrected chi connectivity index (χ3v) is 4.14. The average Bonchev–Trinajstić information content (AvgIpc) is 3.14. The van der Waals surface area contributed by atoms with Gasteiger partial charge in [-0.1, -0.05) is 6.92 Å². The van der Waals surface area contributed by atoms with Gasteiger partial charge >= 0.3 is 0 Å². The number of hydrogen-bond acceptors (Lipinski definition) is 2. The molecule has 4 nitrogen and oxygen atoms in total. The van der Waals surface area contributed by atoms with E-state index < -0.39 is 0 Å². The highest BCUT2D eigenvalue weighted by Gasteiger charge is 2.28. The Balaban J connectivity index is 1.68. The van der Waals surface area contributed by atoms with Gasteiger partial charge in [-0.2, -0.15) is 5.10 Å². The molecule has 2 fully saturated rings. The minimum absolute atomic E-state index is 0.104. The number of carbonyl (C=O) groups excluding carboxylic acids is 1. The molecular weight excluding hydrogens is 226 g/mol. The van der Waals surface area contributed by atoms with E-state index in [-0.39, 0.29) is 5.91 Å². The van der Waals surface area contributed by atoms with Crippen LogP contribution in [0.2, 0.25) is 0 Å². The van der Waals surface area contributed by atoms with Gasteiger partial charge in [-0.3, -0.25) is 9.89 Å². The van der Waals surface area contributed by atoms with Crippen molar-refractivity contribution in [1.82, 2.24) is 15.1 Å². The van der Waals surface area contributed by atoms with Crippen LogP contribution in [-0.4, -0.2) is 34.1 Å². The van der Waals surface area contributed by atoms with Gasteiger partial charge in [0.2, 0.25) is 0 Å². The highest BCUT2D eigenvalue weighted by atomic mass is 16.2. The summed E-state index contributed by atoms with van der Waals surface area (Å²) in [6.45, 7) is 4.04. The molecule has 1 saturated carbocycles. The maximum Gasteiger partial charge on any atom is 0.274 e. The first-order valence-electron chi connectivity index (χ1n) is 7.08. The van der Waals surface area contributed by atoms with Gasteiger partial charge in [0.1, 0.15) is 5.69 Å². The van der Waals surface area contributed by atoms with Crippen LogP contribution < -0.4 is 0 Å². The number of aromatic nitrogens is 2. The van der Waals surface area contributed by atoms with Crippen LogP contribution in [-0.2, 0) is 0 Å². The highest BCUT2D eigenvalue weighted by Crippen LogP contribution is 2.39. The van der Waals surface area contributed by atoms with Crippen molar-refractivity contribution in [2.24, 2.45) is 5.92 Å². The molecule has 2 aliphatic rings. The number of nitrogens with zero attached hydrogens (tertiary/aromatic N) is 2. The first-order chi connectivity index (χ1) is 8.74. The molecule has 0 radical (unpaired) electrons. The number of nitrogens with one attached hydrogen (secondary N) is 1. The summed E-state index contributed by atoms with van der Waals surface area (Å²) in [6.07, 6.45) is 5.93. The lowest BCUT2D eigenvalue weighted by Crippen LogP contribution is -2.32. The first-order valence-corrected chi connectivity index (χ1v) is 7.08. The normalized spacial score (nSPS) is 24.9. The molecule has 1 atom stereocenters. The van der Waals surface area contributed by atoms with Crippen molar-refractivity contribution in [3.05, 3.63) is 17.5 Å². The topological polar surface area (TPSA) is 49.0 Å². The van der Waals surface area contributed by atoms with Gasteiger partial charge in [0.15, 0.2) is 0 Å². The lowest BCUT2D eigenvalue weighted by Gasteiger charge is -2.18. The second kappa shape index (κ2) is 4.75. The summed E-state index contributed by atoms with van der Waals surface area (Å²) in [4.78, 5) is 14.3. The van der Waals surface area contributed by atoms with Crippen LogP contribution in [0.1, 0.15) is 61.1 Å². The first kappa shape index (κ1) is 11.8. The third kappa shape index (κ3) is 2.42. The monoisotopic (exact) mass is 247 g/mol. The molecule has 1 aliphatic carbocycles. The summed E-state index contributed by atoms with van der Waals surface area (Å²) in [5, 5.41) is 7.20. The van der Waals surface area contributed by atoms with E-state index in [1.165, 1.54) is 19.3 Å². The predicted molar refractivity (Wildman–Crippen MR) is 69.5 cm³/mol. The minimum Gasteiger partial charge on any atom is -0.337 e. The van der Waals surface area contributed by atoms with Crippen LogP contribution in [0.3, 0.4) is 0 Å². The zero-order chi connectivity index (χ0) is 12.5. The van der Waals surface area contributed by atoms with Crippen LogP contribution in [0.15, 0.2) is 6.07 Å². The summed E-state index contributed by atoms with van der Waals surface area (Å²) in [5.74, 6) is 1.47. The fourth-order valence-corrected chi connectivity index (χ4v) is 2.68. The number of rotatable bonds is 2. The molecule has 2 heterocycles. The molecule has 1 N–H and O–H groups in total. The van der Waals surface area contributed by atoms with E-state index in [1.807, 2.05) is 11.0 Å². The quantitative estimate of drug-likeness (QED) is 0.873. The number of amides is 1. The molecule has 1 saturated heterocycles. The Morgan fingerprint density at radius 1 is 1.33 bits per heavy atom. The summed E-state index contributed by atoms with van der Waals surface area (Å²) in [7, 11) is 0. The molecule has 3 rings (SSSR count). The Kier molecular flexibility index (Phi) is 3.10. The van der Waals surface area contributed by atoms with Crippen LogP contribution in [0.4, 0.5) is 0 Å². The Hall–Kier alpha value is -1.32. The van der Waals surface area contributed by atoms with Gasteiger partial charge in [-0.15, -0.1) is 0 Å². The van der Waals surface area contributed by atoms with Gasteiger partial charge in [-0.25, -0.2) is 0 Å². The number of carbonyl (C=O) groups is 1. The lowest BCUT2D eigenvalue weighted by atomic mass is 10.0. The summed E-state index contributed by atoms with van der Waals surface area (Å²) in [6, 6.07) is 1.95. The number of likely N-dealkylation sites (tertiary alicyclic amines) is 1. The molecule has 0 spiro atoms. The van der Waals surface area contributed by atoms with Crippen LogP contribution >= 0.6 is 0 Å². The molecule has 1 aromatic heterocycles. The van der Waals surface area contributed by atoms with E-state index in [9.17, 15) is 4.79 Å². The Bertz CT molecular complexity index is 436. The molecule has 98 valence electrons. The summed E-state index contributed by atoms with van der Waals surface area (Å²) in [5.41, 5.74) is 1.74. The van der Waals surface area contributed by atoms with Crippen LogP contribution in [0, 0.1) is 5.92 Å². The van der Waals surface area contributed by atoms with E-state index in [1.54, 1.807) is 0 Å². The smallest absolute Gasteiger partial charge is 0.274 e. The van der Waals surface area contributed by atoms with Crippen molar-refractivity contribution in [2.45, 2.75) is 44.9 Å². The summed E-state index contributed by atoms with van der Waals surface area (Å²) < 4.78 is 0. The van der Waals surface area contributed by atoms with Gasteiger partial charge in [0.25, 0.3) is 5.91 Å². The Morgan fingerprint density at radius 2 is 2.17 bits per heavy atom. The zero-order valence-corrected chi connectivity index (χ0v) is 11.0. The largest absolute Gasteiger partial charge is 0.337 e. The molecule has 1 aromatic rings. The number of hydrogen-bond donors (Lipinski definition) is 1. The van der Waals surface area contributed by atoms with Crippen molar-refractivity contribution in [3.8, 4) is 0 Å². The van der Waals surface area contributed by atoms with E-state index in [4.69, 9.17) is 0 Å². The van der Waals surface area contributed by atoms with Gasteiger partial charge < -0.3 is 4.90 Å². The fourth-order valence-electron chi connectivity index (χ4n) is 2.68. The van der Waals surface area contributed by atoms with Crippen LogP contribution in [0.5, 0.6) is 0 Å². The minimum atomic E-state index is 0.104. The van der Waals surface area contributed by atoms with Crippen molar-refractivity contribution < 1.29 is 4.79 Å². The second-order valence-corrected chi connectivity index (χ2v) is 5.81. The van der Waals surface area contributed by atoms with Crippen LogP contribution in [0.25, 0.3) is 0 Å². The van der Waals surface area contributed by atoms with E-state index >= 15 is 0 Å². The molecule has 0 bridgehead atoms. The van der Waals surface area contributed by atoms with Gasteiger partial charge in [-0.05, 0) is 44.1 Å². The predicted octanol–water partition coefficient (Wildman–Crippen LogP) is 2.55. The molecule has 1 amide bonds. The van der Waals surface area contributed by atoms with Crippen molar-refractivity contribution in [2.75, 3.05) is 13.1 Å². The van der Waals surface area contributed by atoms with Gasteiger partial charge in [0, 0.05) is 24.7 Å². The molecule has 18 heavy (non-hydrogen) atoms. The van der Waals surface area contributed by atoms with E-state index in [2.05, 4.69) is 17.1 Å². The maximum absolute atomic E-state index is 12.4. The second-order valence-electron chi connectivity index (χ2n) is 5.81. The van der Waals surface area contributed by atoms with Crippen molar-refractivity contribution in [3.63, 3.8) is 0 Å². The van der Waals surface area contributed by atoms with E-state index in [0.29, 0.717) is 11.6 Å². The average molecular weight is 247 g/mol. The zero-order valence-electron chi connectivity index (χ0n) is 11.0. The third-order valence-electron chi connectivity index (χ3n) is 4.14. The number of aromatic amines is 1. The molecule has 0 unspecified atom stereocenters. The molecular formula is C14H21N3O. The SMILES string of the molecule is C[C@H]1CCCN(C(=O)c2cc(C3CC3)[nH]n2)CC1. The summed E-state index contributed by atoms with van der Waals surface area (Å²) >= 11 is 0. The lowest BCUT2D eigenvalue weighted by molar-refractivity contribution is 0.0754. The van der Waals surface area contributed by atoms with Crippen molar-refractivity contribution in [1.29, 1.82) is 0 Å². The highest BCUT2D eigenvalue weighted by molar-refractivity contribution is 5.92. The number of H-pyrrole nitrogens is 1. The molecule has 0 aromatic carbocycles. The van der Waals surface area contributed by atoms with E-state index in [0.717, 1.165) is 37.5 Å². The van der Waals surface area contributed by atoms with Crippen molar-refractivity contribution >= 4 is 5.91 Å². The molecule has 4 heteroatoms. The molecule has 1 aliphatic heterocycles. The van der Waals surface area contributed by atoms with Gasteiger partial charge in [0.05, 0.1) is 0 Å².